The predicted molar refractivity (Wildman–Crippen MR) is 91.0 cm³/mol. The number of ether oxygens (including phenoxy) is 2. The molecule has 7 heteroatoms. The van der Waals surface area contributed by atoms with E-state index in [-0.39, 0.29) is 11.1 Å². The van der Waals surface area contributed by atoms with Gasteiger partial charge in [0.05, 0.1) is 19.2 Å². The number of halogens is 2. The first kappa shape index (κ1) is 17.5. The van der Waals surface area contributed by atoms with E-state index in [1.807, 2.05) is 18.2 Å². The van der Waals surface area contributed by atoms with E-state index in [0.29, 0.717) is 35.2 Å². The van der Waals surface area contributed by atoms with Gasteiger partial charge in [-0.25, -0.2) is 0 Å². The maximum Gasteiger partial charge on any atom is 0.270 e. The summed E-state index contributed by atoms with van der Waals surface area (Å²) >= 11 is 11.7. The van der Waals surface area contributed by atoms with Crippen molar-refractivity contribution in [3.05, 3.63) is 45.7 Å². The number of nitrogens with one attached hydrogen (secondary N) is 1. The third kappa shape index (κ3) is 4.12. The fourth-order valence-electron chi connectivity index (χ4n) is 2.16. The Labute approximate surface area is 145 Å². The van der Waals surface area contributed by atoms with Crippen molar-refractivity contribution in [2.45, 2.75) is 6.42 Å². The molecule has 0 unspecified atom stereocenters. The second kappa shape index (κ2) is 7.62. The van der Waals surface area contributed by atoms with Gasteiger partial charge in [0.1, 0.15) is 10.8 Å². The summed E-state index contributed by atoms with van der Waals surface area (Å²) in [5.41, 5.74) is 1.42. The lowest BCUT2D eigenvalue weighted by molar-refractivity contribution is 0.0791. The van der Waals surface area contributed by atoms with Crippen molar-refractivity contribution in [1.29, 1.82) is 0 Å². The van der Waals surface area contributed by atoms with E-state index in [4.69, 9.17) is 32.7 Å². The van der Waals surface area contributed by atoms with Gasteiger partial charge < -0.3 is 19.4 Å². The smallest absolute Gasteiger partial charge is 0.270 e. The van der Waals surface area contributed by atoms with Crippen LogP contribution in [0.5, 0.6) is 11.5 Å². The molecule has 0 aliphatic rings. The van der Waals surface area contributed by atoms with Crippen LogP contribution >= 0.6 is 23.2 Å². The van der Waals surface area contributed by atoms with Gasteiger partial charge in [0.2, 0.25) is 0 Å². The molecule has 0 atom stereocenters. The van der Waals surface area contributed by atoms with E-state index in [1.54, 1.807) is 26.2 Å². The zero-order chi connectivity index (χ0) is 17.0. The molecule has 1 aromatic heterocycles. The number of rotatable bonds is 6. The summed E-state index contributed by atoms with van der Waals surface area (Å²) in [4.78, 5) is 16.7. The van der Waals surface area contributed by atoms with Gasteiger partial charge in [0.25, 0.3) is 5.91 Å². The highest BCUT2D eigenvalue weighted by molar-refractivity contribution is 6.41. The highest BCUT2D eigenvalue weighted by Gasteiger charge is 2.16. The van der Waals surface area contributed by atoms with Crippen molar-refractivity contribution in [3.63, 3.8) is 0 Å². The standard InChI is InChI=1S/C16H18Cl2N2O3/c1-20(16(21)12-9-11(17)15(18)19-12)7-6-10-4-5-13(22-2)14(8-10)23-3/h4-5,8-9,19H,6-7H2,1-3H3. The third-order valence-electron chi connectivity index (χ3n) is 3.49. The molecule has 0 spiro atoms. The molecule has 2 rings (SSSR count). The molecule has 124 valence electrons. The molecule has 1 N–H and O–H groups in total. The fourth-order valence-corrected chi connectivity index (χ4v) is 2.47. The van der Waals surface area contributed by atoms with Crippen molar-refractivity contribution in [2.75, 3.05) is 27.8 Å². The molecule has 0 radical (unpaired) electrons. The van der Waals surface area contributed by atoms with Gasteiger partial charge in [-0.2, -0.15) is 0 Å². The van der Waals surface area contributed by atoms with E-state index >= 15 is 0 Å². The molecule has 1 aromatic carbocycles. The van der Waals surface area contributed by atoms with Gasteiger partial charge in [-0.05, 0) is 30.2 Å². The number of hydrogen-bond donors (Lipinski definition) is 1. The summed E-state index contributed by atoms with van der Waals surface area (Å²) in [6.45, 7) is 0.544. The van der Waals surface area contributed by atoms with Crippen LogP contribution in [-0.4, -0.2) is 43.6 Å². The number of carbonyl (C=O) groups is 1. The minimum atomic E-state index is -0.167. The second-order valence-corrected chi connectivity index (χ2v) is 5.80. The quantitative estimate of drug-likeness (QED) is 0.859. The Morgan fingerprint density at radius 3 is 2.43 bits per heavy atom. The molecule has 23 heavy (non-hydrogen) atoms. The van der Waals surface area contributed by atoms with E-state index in [1.165, 1.54) is 6.07 Å². The Morgan fingerprint density at radius 2 is 1.87 bits per heavy atom. The number of methoxy groups -OCH3 is 2. The molecule has 1 heterocycles. The second-order valence-electron chi connectivity index (χ2n) is 5.01. The first-order valence-corrected chi connectivity index (χ1v) is 7.72. The number of hydrogen-bond acceptors (Lipinski definition) is 3. The van der Waals surface area contributed by atoms with E-state index < -0.39 is 0 Å². The predicted octanol–water partition coefficient (Wildman–Crippen LogP) is 3.65. The third-order valence-corrected chi connectivity index (χ3v) is 4.18. The van der Waals surface area contributed by atoms with Crippen molar-refractivity contribution in [1.82, 2.24) is 9.88 Å². The molecule has 2 aromatic rings. The summed E-state index contributed by atoms with van der Waals surface area (Å²) in [5, 5.41) is 0.603. The highest BCUT2D eigenvalue weighted by Crippen LogP contribution is 2.28. The molecule has 0 aliphatic carbocycles. The van der Waals surface area contributed by atoms with Crippen LogP contribution < -0.4 is 9.47 Å². The van der Waals surface area contributed by atoms with Gasteiger partial charge in [-0.15, -0.1) is 0 Å². The van der Waals surface area contributed by atoms with Crippen molar-refractivity contribution < 1.29 is 14.3 Å². The fraction of sp³-hybridized carbons (Fsp3) is 0.312. The Kier molecular flexibility index (Phi) is 5.80. The Hall–Kier alpha value is -1.85. The van der Waals surface area contributed by atoms with Crippen LogP contribution in [0.4, 0.5) is 0 Å². The number of aromatic nitrogens is 1. The van der Waals surface area contributed by atoms with Crippen LogP contribution in [0.2, 0.25) is 10.2 Å². The average Bonchev–Trinajstić information content (AvgIpc) is 2.90. The van der Waals surface area contributed by atoms with E-state index in [0.717, 1.165) is 5.56 Å². The summed E-state index contributed by atoms with van der Waals surface area (Å²) in [6, 6.07) is 7.22. The molecule has 0 bridgehead atoms. The van der Waals surface area contributed by atoms with Crippen LogP contribution in [0.3, 0.4) is 0 Å². The SMILES string of the molecule is COc1ccc(CCN(C)C(=O)c2cc(Cl)c(Cl)[nH]2)cc1OC. The molecule has 5 nitrogen and oxygen atoms in total. The lowest BCUT2D eigenvalue weighted by Crippen LogP contribution is -2.29. The van der Waals surface area contributed by atoms with Gasteiger partial charge in [0.15, 0.2) is 11.5 Å². The van der Waals surface area contributed by atoms with Gasteiger partial charge >= 0.3 is 0 Å². The number of H-pyrrole nitrogens is 1. The Balaban J connectivity index is 2.01. The first-order valence-electron chi connectivity index (χ1n) is 6.96. The monoisotopic (exact) mass is 356 g/mol. The first-order chi connectivity index (χ1) is 11.0. The van der Waals surface area contributed by atoms with Crippen molar-refractivity contribution >= 4 is 29.1 Å². The molecular weight excluding hydrogens is 339 g/mol. The number of aromatic amines is 1. The Bertz CT molecular complexity index is 681. The maximum absolute atomic E-state index is 12.3. The number of likely N-dealkylation sites (N-methyl/N-ethyl adjacent to an activating group) is 1. The maximum atomic E-state index is 12.3. The summed E-state index contributed by atoms with van der Waals surface area (Å²) in [7, 11) is 4.92. The topological polar surface area (TPSA) is 54.6 Å². The number of benzene rings is 1. The molecule has 0 fully saturated rings. The van der Waals surface area contributed by atoms with Gasteiger partial charge in [-0.1, -0.05) is 29.3 Å². The molecular formula is C16H18Cl2N2O3. The number of carbonyl (C=O) groups excluding carboxylic acids is 1. The zero-order valence-corrected chi connectivity index (χ0v) is 14.7. The molecule has 0 aliphatic heterocycles. The van der Waals surface area contributed by atoms with Gasteiger partial charge in [0, 0.05) is 13.6 Å². The van der Waals surface area contributed by atoms with Crippen LogP contribution in [0, 0.1) is 0 Å². The highest BCUT2D eigenvalue weighted by atomic mass is 35.5. The molecule has 0 saturated carbocycles. The lowest BCUT2D eigenvalue weighted by atomic mass is 10.1. The molecule has 1 amide bonds. The summed E-state index contributed by atoms with van der Waals surface area (Å²) in [5.74, 6) is 1.18. The average molecular weight is 357 g/mol. The minimum Gasteiger partial charge on any atom is -0.493 e. The largest absolute Gasteiger partial charge is 0.493 e. The number of amides is 1. The van der Waals surface area contributed by atoms with Crippen LogP contribution in [0.15, 0.2) is 24.3 Å². The molecule has 0 saturated heterocycles. The minimum absolute atomic E-state index is 0.167. The Morgan fingerprint density at radius 1 is 1.17 bits per heavy atom. The number of nitrogens with zero attached hydrogens (tertiary/aromatic N) is 1. The van der Waals surface area contributed by atoms with Crippen molar-refractivity contribution in [3.8, 4) is 11.5 Å². The van der Waals surface area contributed by atoms with Gasteiger partial charge in [-0.3, -0.25) is 4.79 Å². The van der Waals surface area contributed by atoms with E-state index in [9.17, 15) is 4.79 Å². The normalized spacial score (nSPS) is 10.5. The lowest BCUT2D eigenvalue weighted by Gasteiger charge is -2.17. The van der Waals surface area contributed by atoms with E-state index in [2.05, 4.69) is 4.98 Å². The van der Waals surface area contributed by atoms with Crippen LogP contribution in [0.25, 0.3) is 0 Å². The van der Waals surface area contributed by atoms with Crippen LogP contribution in [-0.2, 0) is 6.42 Å². The summed E-state index contributed by atoms with van der Waals surface area (Å²) < 4.78 is 10.5. The van der Waals surface area contributed by atoms with Crippen molar-refractivity contribution in [2.24, 2.45) is 0 Å². The zero-order valence-electron chi connectivity index (χ0n) is 13.2. The summed E-state index contributed by atoms with van der Waals surface area (Å²) in [6.07, 6.45) is 0.685. The van der Waals surface area contributed by atoms with Crippen LogP contribution in [0.1, 0.15) is 16.1 Å².